The van der Waals surface area contributed by atoms with Gasteiger partial charge in [-0.05, 0) is 12.1 Å². The van der Waals surface area contributed by atoms with Crippen molar-refractivity contribution >= 4 is 34.2 Å². The maximum atomic E-state index is 5.87. The summed E-state index contributed by atoms with van der Waals surface area (Å²) in [6, 6.07) is 5.42. The fraction of sp³-hybridized carbons (Fsp3) is 0. The third kappa shape index (κ3) is 1.24. The predicted octanol–water partition coefficient (Wildman–Crippen LogP) is 2.94. The first kappa shape index (κ1) is 7.77. The number of aromatic nitrogens is 2. The molecule has 0 saturated carbocycles. The van der Waals surface area contributed by atoms with Crippen LogP contribution in [0.25, 0.3) is 11.0 Å². The highest BCUT2D eigenvalue weighted by Crippen LogP contribution is 2.20. The van der Waals surface area contributed by atoms with Crippen LogP contribution in [0.15, 0.2) is 24.4 Å². The average molecular weight is 199 g/mol. The first-order chi connectivity index (χ1) is 5.77. The van der Waals surface area contributed by atoms with Gasteiger partial charge in [-0.3, -0.25) is 4.98 Å². The Labute approximate surface area is 79.2 Å². The molecule has 0 aliphatic carbocycles. The van der Waals surface area contributed by atoms with Crippen molar-refractivity contribution in [3.05, 3.63) is 34.6 Å². The maximum absolute atomic E-state index is 5.87. The van der Waals surface area contributed by atoms with Crippen LogP contribution in [0.4, 0.5) is 0 Å². The molecule has 1 heterocycles. The van der Waals surface area contributed by atoms with Crippen LogP contribution in [0.3, 0.4) is 0 Å². The molecule has 1 aromatic heterocycles. The molecule has 0 fully saturated rings. The van der Waals surface area contributed by atoms with Crippen molar-refractivity contribution in [2.75, 3.05) is 0 Å². The van der Waals surface area contributed by atoms with Crippen LogP contribution in [0.2, 0.25) is 10.2 Å². The summed E-state index contributed by atoms with van der Waals surface area (Å²) in [5.74, 6) is 0. The standard InChI is InChI=1S/C8H4Cl2N2/c9-5-2-1-3-6-8(5)12-7(10)4-11-6/h1-4H. The molecule has 1 aromatic carbocycles. The Bertz CT molecular complexity index is 428. The predicted molar refractivity (Wildman–Crippen MR) is 49.6 cm³/mol. The number of fused-ring (bicyclic) bond motifs is 1. The molecule has 12 heavy (non-hydrogen) atoms. The smallest absolute Gasteiger partial charge is 0.148 e. The number of hydrogen-bond acceptors (Lipinski definition) is 2. The van der Waals surface area contributed by atoms with E-state index in [0.717, 1.165) is 5.52 Å². The molecule has 2 aromatic rings. The summed E-state index contributed by atoms with van der Waals surface area (Å²) in [4.78, 5) is 8.11. The van der Waals surface area contributed by atoms with Crippen LogP contribution in [-0.4, -0.2) is 9.97 Å². The quantitative estimate of drug-likeness (QED) is 0.651. The lowest BCUT2D eigenvalue weighted by atomic mass is 10.3. The van der Waals surface area contributed by atoms with Crippen molar-refractivity contribution in [3.8, 4) is 0 Å². The van der Waals surface area contributed by atoms with Gasteiger partial charge in [-0.2, -0.15) is 0 Å². The Hall–Kier alpha value is -0.860. The second kappa shape index (κ2) is 2.88. The first-order valence-corrected chi connectivity index (χ1v) is 4.10. The van der Waals surface area contributed by atoms with Gasteiger partial charge in [0.15, 0.2) is 0 Å². The summed E-state index contributed by atoms with van der Waals surface area (Å²) >= 11 is 11.5. The topological polar surface area (TPSA) is 25.8 Å². The number of rotatable bonds is 0. The largest absolute Gasteiger partial charge is 0.251 e. The summed E-state index contributed by atoms with van der Waals surface area (Å²) in [6.07, 6.45) is 1.50. The van der Waals surface area contributed by atoms with Gasteiger partial charge in [0.05, 0.1) is 16.7 Å². The van der Waals surface area contributed by atoms with E-state index in [1.165, 1.54) is 6.20 Å². The van der Waals surface area contributed by atoms with Gasteiger partial charge in [0.2, 0.25) is 0 Å². The zero-order chi connectivity index (χ0) is 8.55. The first-order valence-electron chi connectivity index (χ1n) is 3.34. The van der Waals surface area contributed by atoms with E-state index in [9.17, 15) is 0 Å². The molecule has 0 spiro atoms. The Morgan fingerprint density at radius 2 is 2.00 bits per heavy atom. The van der Waals surface area contributed by atoms with Crippen LogP contribution in [-0.2, 0) is 0 Å². The molecular formula is C8H4Cl2N2. The Morgan fingerprint density at radius 1 is 1.17 bits per heavy atom. The Morgan fingerprint density at radius 3 is 2.83 bits per heavy atom. The molecule has 60 valence electrons. The highest BCUT2D eigenvalue weighted by Gasteiger charge is 2.00. The molecule has 0 bridgehead atoms. The number of hydrogen-bond donors (Lipinski definition) is 0. The molecule has 4 heteroatoms. The molecule has 0 aliphatic rings. The van der Waals surface area contributed by atoms with Crippen LogP contribution in [0.1, 0.15) is 0 Å². The van der Waals surface area contributed by atoms with Crippen molar-refractivity contribution in [1.82, 2.24) is 9.97 Å². The molecule has 2 nitrogen and oxygen atoms in total. The zero-order valence-corrected chi connectivity index (χ0v) is 7.47. The molecule has 0 N–H and O–H groups in total. The maximum Gasteiger partial charge on any atom is 0.148 e. The van der Waals surface area contributed by atoms with E-state index < -0.39 is 0 Å². The van der Waals surface area contributed by atoms with Crippen LogP contribution < -0.4 is 0 Å². The highest BCUT2D eigenvalue weighted by atomic mass is 35.5. The minimum atomic E-state index is 0.357. The summed E-state index contributed by atoms with van der Waals surface area (Å²) < 4.78 is 0. The van der Waals surface area contributed by atoms with Gasteiger partial charge in [0.25, 0.3) is 0 Å². The van der Waals surface area contributed by atoms with Crippen molar-refractivity contribution in [2.24, 2.45) is 0 Å². The molecule has 0 amide bonds. The van der Waals surface area contributed by atoms with Gasteiger partial charge in [-0.15, -0.1) is 0 Å². The van der Waals surface area contributed by atoms with E-state index in [2.05, 4.69) is 9.97 Å². The summed E-state index contributed by atoms with van der Waals surface area (Å²) in [7, 11) is 0. The van der Waals surface area contributed by atoms with Crippen molar-refractivity contribution in [3.63, 3.8) is 0 Å². The number of benzene rings is 1. The van der Waals surface area contributed by atoms with Gasteiger partial charge in [-0.1, -0.05) is 29.3 Å². The van der Waals surface area contributed by atoms with E-state index in [1.807, 2.05) is 12.1 Å². The Kier molecular flexibility index (Phi) is 1.87. The van der Waals surface area contributed by atoms with E-state index >= 15 is 0 Å². The lowest BCUT2D eigenvalue weighted by Crippen LogP contribution is -1.83. The SMILES string of the molecule is Clc1cnc2cccc(Cl)c2n1. The molecule has 0 radical (unpaired) electrons. The van der Waals surface area contributed by atoms with E-state index in [-0.39, 0.29) is 0 Å². The fourth-order valence-electron chi connectivity index (χ4n) is 0.977. The summed E-state index contributed by atoms with van der Waals surface area (Å²) in [6.45, 7) is 0. The van der Waals surface area contributed by atoms with Crippen molar-refractivity contribution in [2.45, 2.75) is 0 Å². The second-order valence-electron chi connectivity index (χ2n) is 2.30. The fourth-order valence-corrected chi connectivity index (χ4v) is 1.32. The van der Waals surface area contributed by atoms with Crippen LogP contribution in [0, 0.1) is 0 Å². The van der Waals surface area contributed by atoms with Gasteiger partial charge >= 0.3 is 0 Å². The second-order valence-corrected chi connectivity index (χ2v) is 3.09. The van der Waals surface area contributed by atoms with E-state index in [4.69, 9.17) is 23.2 Å². The lowest BCUT2D eigenvalue weighted by Gasteiger charge is -1.97. The van der Waals surface area contributed by atoms with Gasteiger partial charge < -0.3 is 0 Å². The van der Waals surface area contributed by atoms with Crippen molar-refractivity contribution < 1.29 is 0 Å². The third-order valence-electron chi connectivity index (χ3n) is 1.49. The third-order valence-corrected chi connectivity index (χ3v) is 1.98. The number of para-hydroxylation sites is 1. The minimum absolute atomic E-state index is 0.357. The van der Waals surface area contributed by atoms with E-state index in [1.54, 1.807) is 6.07 Å². The van der Waals surface area contributed by atoms with Crippen LogP contribution >= 0.6 is 23.2 Å². The molecule has 0 atom stereocenters. The average Bonchev–Trinajstić information content (AvgIpc) is 2.07. The van der Waals surface area contributed by atoms with Crippen LogP contribution in [0.5, 0.6) is 0 Å². The number of nitrogens with zero attached hydrogens (tertiary/aromatic N) is 2. The van der Waals surface area contributed by atoms with Gasteiger partial charge in [0.1, 0.15) is 10.7 Å². The van der Waals surface area contributed by atoms with E-state index in [0.29, 0.717) is 15.7 Å². The highest BCUT2D eigenvalue weighted by molar-refractivity contribution is 6.35. The summed E-state index contributed by atoms with van der Waals surface area (Å²) in [5, 5.41) is 0.929. The number of halogens is 2. The molecule has 0 saturated heterocycles. The van der Waals surface area contributed by atoms with Gasteiger partial charge in [0, 0.05) is 0 Å². The van der Waals surface area contributed by atoms with Gasteiger partial charge in [-0.25, -0.2) is 4.98 Å². The molecule has 0 aliphatic heterocycles. The monoisotopic (exact) mass is 198 g/mol. The summed E-state index contributed by atoms with van der Waals surface area (Å²) in [5.41, 5.74) is 1.40. The molecule has 2 rings (SSSR count). The zero-order valence-electron chi connectivity index (χ0n) is 5.96. The molecular weight excluding hydrogens is 195 g/mol. The van der Waals surface area contributed by atoms with Crippen molar-refractivity contribution in [1.29, 1.82) is 0 Å². The molecule has 0 unspecified atom stereocenters. The lowest BCUT2D eigenvalue weighted by molar-refractivity contribution is 1.29. The normalized spacial score (nSPS) is 10.5. The Balaban J connectivity index is 2.88. The minimum Gasteiger partial charge on any atom is -0.251 e.